The summed E-state index contributed by atoms with van der Waals surface area (Å²) >= 11 is 3.35. The lowest BCUT2D eigenvalue weighted by molar-refractivity contribution is 0.0698. The highest BCUT2D eigenvalue weighted by Gasteiger charge is 2.16. The quantitative estimate of drug-likeness (QED) is 0.892. The number of rotatable bonds is 2. The fraction of sp³-hybridized carbons (Fsp3) is 0. The fourth-order valence-electron chi connectivity index (χ4n) is 1.60. The second-order valence-corrected chi connectivity index (χ2v) is 4.35. The van der Waals surface area contributed by atoms with Crippen molar-refractivity contribution in [2.24, 2.45) is 0 Å². The number of aromatic nitrogens is 1. The Kier molecular flexibility index (Phi) is 3.10. The molecule has 2 aromatic rings. The standard InChI is InChI=1S/C12H9BrN2O2/c13-8-3-1-2-7(6-8)9-4-5-15-11(14)10(9)12(16)17/h1-6H,(H2,14,15)(H,16,17). The average molecular weight is 293 g/mol. The summed E-state index contributed by atoms with van der Waals surface area (Å²) in [5.74, 6) is -1.06. The number of nitrogens with two attached hydrogens (primary N) is 1. The number of nitrogens with zero attached hydrogens (tertiary/aromatic N) is 1. The van der Waals surface area contributed by atoms with Crippen molar-refractivity contribution in [1.82, 2.24) is 4.98 Å². The zero-order valence-electron chi connectivity index (χ0n) is 8.72. The molecule has 1 heterocycles. The van der Waals surface area contributed by atoms with Crippen molar-refractivity contribution in [3.63, 3.8) is 0 Å². The van der Waals surface area contributed by atoms with Crippen molar-refractivity contribution in [1.29, 1.82) is 0 Å². The first-order valence-electron chi connectivity index (χ1n) is 4.83. The number of benzene rings is 1. The lowest BCUT2D eigenvalue weighted by Gasteiger charge is -2.08. The molecule has 0 fully saturated rings. The van der Waals surface area contributed by atoms with Gasteiger partial charge in [-0.1, -0.05) is 28.1 Å². The summed E-state index contributed by atoms with van der Waals surface area (Å²) in [6.07, 6.45) is 1.50. The SMILES string of the molecule is Nc1nccc(-c2cccc(Br)c2)c1C(=O)O. The molecule has 1 aromatic heterocycles. The molecule has 0 saturated heterocycles. The topological polar surface area (TPSA) is 76.2 Å². The van der Waals surface area contributed by atoms with Crippen LogP contribution >= 0.6 is 15.9 Å². The minimum atomic E-state index is -1.08. The van der Waals surface area contributed by atoms with E-state index in [1.165, 1.54) is 6.20 Å². The molecule has 0 amide bonds. The number of halogens is 1. The van der Waals surface area contributed by atoms with Crippen LogP contribution in [0.25, 0.3) is 11.1 Å². The van der Waals surface area contributed by atoms with E-state index in [2.05, 4.69) is 20.9 Å². The summed E-state index contributed by atoms with van der Waals surface area (Å²) in [5.41, 5.74) is 6.97. The molecule has 5 heteroatoms. The number of aromatic carboxylic acids is 1. The zero-order valence-corrected chi connectivity index (χ0v) is 10.3. The van der Waals surface area contributed by atoms with Crippen molar-refractivity contribution in [2.75, 3.05) is 5.73 Å². The number of hydrogen-bond donors (Lipinski definition) is 2. The largest absolute Gasteiger partial charge is 0.478 e. The van der Waals surface area contributed by atoms with Gasteiger partial charge in [-0.05, 0) is 23.8 Å². The maximum atomic E-state index is 11.2. The molecule has 17 heavy (non-hydrogen) atoms. The predicted molar refractivity (Wildman–Crippen MR) is 68.7 cm³/mol. The minimum absolute atomic E-state index is 0.0231. The summed E-state index contributed by atoms with van der Waals surface area (Å²) in [5, 5.41) is 9.15. The normalized spacial score (nSPS) is 10.2. The summed E-state index contributed by atoms with van der Waals surface area (Å²) in [6, 6.07) is 9.00. The monoisotopic (exact) mass is 292 g/mol. The van der Waals surface area contributed by atoms with Gasteiger partial charge in [-0.3, -0.25) is 0 Å². The molecule has 0 saturated carbocycles. The summed E-state index contributed by atoms with van der Waals surface area (Å²) < 4.78 is 0.877. The molecule has 0 aliphatic carbocycles. The molecular weight excluding hydrogens is 284 g/mol. The number of hydrogen-bond acceptors (Lipinski definition) is 3. The molecule has 0 aliphatic rings. The molecule has 1 aromatic carbocycles. The van der Waals surface area contributed by atoms with Crippen LogP contribution in [0.15, 0.2) is 41.0 Å². The molecule has 0 radical (unpaired) electrons. The highest BCUT2D eigenvalue weighted by Crippen LogP contribution is 2.28. The average Bonchev–Trinajstić information content (AvgIpc) is 2.28. The van der Waals surface area contributed by atoms with Gasteiger partial charge in [-0.15, -0.1) is 0 Å². The van der Waals surface area contributed by atoms with Crippen molar-refractivity contribution in [2.45, 2.75) is 0 Å². The third kappa shape index (κ3) is 2.29. The third-order valence-corrected chi connectivity index (χ3v) is 2.82. The first-order valence-corrected chi connectivity index (χ1v) is 5.62. The molecule has 86 valence electrons. The molecule has 4 nitrogen and oxygen atoms in total. The molecular formula is C12H9BrN2O2. The maximum Gasteiger partial charge on any atom is 0.340 e. The lowest BCUT2D eigenvalue weighted by atomic mass is 10.0. The Labute approximate surface area is 106 Å². The zero-order chi connectivity index (χ0) is 12.4. The van der Waals surface area contributed by atoms with Gasteiger partial charge in [-0.2, -0.15) is 0 Å². The van der Waals surface area contributed by atoms with Gasteiger partial charge in [-0.25, -0.2) is 9.78 Å². The number of pyridine rings is 1. The minimum Gasteiger partial charge on any atom is -0.478 e. The van der Waals surface area contributed by atoms with Crippen LogP contribution in [0, 0.1) is 0 Å². The van der Waals surface area contributed by atoms with Gasteiger partial charge in [0.15, 0.2) is 0 Å². The Hall–Kier alpha value is -1.88. The van der Waals surface area contributed by atoms with E-state index in [0.717, 1.165) is 10.0 Å². The molecule has 0 atom stereocenters. The van der Waals surface area contributed by atoms with Gasteiger partial charge < -0.3 is 10.8 Å². The Balaban J connectivity index is 2.67. The highest BCUT2D eigenvalue weighted by atomic mass is 79.9. The van der Waals surface area contributed by atoms with E-state index in [-0.39, 0.29) is 11.4 Å². The van der Waals surface area contributed by atoms with Crippen LogP contribution in [0.5, 0.6) is 0 Å². The van der Waals surface area contributed by atoms with Gasteiger partial charge in [0.05, 0.1) is 0 Å². The van der Waals surface area contributed by atoms with Gasteiger partial charge in [0.1, 0.15) is 11.4 Å². The number of nitrogen functional groups attached to an aromatic ring is 1. The van der Waals surface area contributed by atoms with E-state index in [1.807, 2.05) is 24.3 Å². The number of carbonyl (C=O) groups is 1. The number of anilines is 1. The molecule has 0 unspecified atom stereocenters. The van der Waals surface area contributed by atoms with Crippen LogP contribution in [-0.2, 0) is 0 Å². The van der Waals surface area contributed by atoms with Gasteiger partial charge in [0, 0.05) is 16.2 Å². The summed E-state index contributed by atoms with van der Waals surface area (Å²) in [7, 11) is 0. The van der Waals surface area contributed by atoms with E-state index < -0.39 is 5.97 Å². The molecule has 0 bridgehead atoms. The highest BCUT2D eigenvalue weighted by molar-refractivity contribution is 9.10. The van der Waals surface area contributed by atoms with Crippen LogP contribution in [-0.4, -0.2) is 16.1 Å². The molecule has 3 N–H and O–H groups in total. The predicted octanol–water partition coefficient (Wildman–Crippen LogP) is 2.79. The van der Waals surface area contributed by atoms with Crippen molar-refractivity contribution >= 4 is 27.7 Å². The Morgan fingerprint density at radius 1 is 1.35 bits per heavy atom. The second kappa shape index (κ2) is 4.55. The van der Waals surface area contributed by atoms with E-state index in [4.69, 9.17) is 10.8 Å². The Bertz CT molecular complexity index is 584. The van der Waals surface area contributed by atoms with Crippen LogP contribution in [0.3, 0.4) is 0 Å². The summed E-state index contributed by atoms with van der Waals surface area (Å²) in [4.78, 5) is 15.0. The summed E-state index contributed by atoms with van der Waals surface area (Å²) in [6.45, 7) is 0. The van der Waals surface area contributed by atoms with Crippen molar-refractivity contribution < 1.29 is 9.90 Å². The Morgan fingerprint density at radius 3 is 2.76 bits per heavy atom. The third-order valence-electron chi connectivity index (χ3n) is 2.33. The smallest absolute Gasteiger partial charge is 0.340 e. The molecule has 2 rings (SSSR count). The number of carboxylic acid groups (broad SMARTS) is 1. The van der Waals surface area contributed by atoms with Crippen LogP contribution in [0.2, 0.25) is 0 Å². The maximum absolute atomic E-state index is 11.2. The van der Waals surface area contributed by atoms with Crippen LogP contribution in [0.1, 0.15) is 10.4 Å². The Morgan fingerprint density at radius 2 is 2.12 bits per heavy atom. The first-order chi connectivity index (χ1) is 8.09. The van der Waals surface area contributed by atoms with Gasteiger partial charge >= 0.3 is 5.97 Å². The lowest BCUT2D eigenvalue weighted by Crippen LogP contribution is -2.06. The molecule has 0 spiro atoms. The molecule has 0 aliphatic heterocycles. The van der Waals surface area contributed by atoms with E-state index in [9.17, 15) is 4.79 Å². The van der Waals surface area contributed by atoms with Crippen LogP contribution < -0.4 is 5.73 Å². The van der Waals surface area contributed by atoms with Crippen molar-refractivity contribution in [3.8, 4) is 11.1 Å². The number of carboxylic acids is 1. The first kappa shape index (κ1) is 11.6. The van der Waals surface area contributed by atoms with Crippen LogP contribution in [0.4, 0.5) is 5.82 Å². The van der Waals surface area contributed by atoms with E-state index in [0.29, 0.717) is 5.56 Å². The van der Waals surface area contributed by atoms with Gasteiger partial charge in [0.2, 0.25) is 0 Å². The van der Waals surface area contributed by atoms with E-state index in [1.54, 1.807) is 6.07 Å². The second-order valence-electron chi connectivity index (χ2n) is 3.43. The van der Waals surface area contributed by atoms with Gasteiger partial charge in [0.25, 0.3) is 0 Å². The van der Waals surface area contributed by atoms with E-state index >= 15 is 0 Å². The van der Waals surface area contributed by atoms with Crippen molar-refractivity contribution in [3.05, 3.63) is 46.6 Å². The fourth-order valence-corrected chi connectivity index (χ4v) is 2.00.